The highest BCUT2D eigenvalue weighted by molar-refractivity contribution is 7.10. The van der Waals surface area contributed by atoms with Crippen molar-refractivity contribution >= 4 is 30.5 Å². The Morgan fingerprint density at radius 1 is 1.55 bits per heavy atom. The Balaban J connectivity index is 1.70. The molecule has 0 aliphatic carbocycles. The molecular weight excluding hydrogens is 275 g/mol. The number of ketones is 1. The molecule has 0 bridgehead atoms. The van der Waals surface area contributed by atoms with Gasteiger partial charge in [-0.2, -0.15) is 5.26 Å². The molecule has 1 aliphatic rings. The van der Waals surface area contributed by atoms with Crippen LogP contribution in [-0.2, 0) is 20.7 Å². The molecule has 1 aromatic heterocycles. The van der Waals surface area contributed by atoms with Crippen molar-refractivity contribution in [2.24, 2.45) is 0 Å². The van der Waals surface area contributed by atoms with Gasteiger partial charge in [0.15, 0.2) is 0 Å². The number of nitrogens with zero attached hydrogens (tertiary/aromatic N) is 1. The summed E-state index contributed by atoms with van der Waals surface area (Å²) in [4.78, 5) is 23.9. The quantitative estimate of drug-likeness (QED) is 0.641. The number of nitrogens with one attached hydrogen (secondary N) is 1. The van der Waals surface area contributed by atoms with Crippen LogP contribution in [0.2, 0.25) is 0 Å². The number of Topliss-reactive ketones (excluding diaryl/α,β-unsaturated/α-hetero) is 1. The number of hydrogen-bond donors (Lipinski definition) is 1. The van der Waals surface area contributed by atoms with Crippen LogP contribution in [0.25, 0.3) is 0 Å². The van der Waals surface area contributed by atoms with Crippen LogP contribution in [0.3, 0.4) is 0 Å². The molecule has 1 aliphatic heterocycles. The molecule has 1 N–H and O–H groups in total. The Morgan fingerprint density at radius 2 is 2.40 bits per heavy atom. The van der Waals surface area contributed by atoms with Crippen LogP contribution in [0, 0.1) is 11.3 Å². The standard InChI is InChI=1S/C13H15BN2O3S/c15-8-9(17)6-10-3-4-12(14-19-10)16-13(18)7-11-2-1-5-20-11/h1-2,5,10,12,14H,3-4,6-7H2,(H,16,18)/t10?,12-/m0/s1. The average Bonchev–Trinajstić information content (AvgIpc) is 2.93. The third-order valence-corrected chi connectivity index (χ3v) is 4.06. The summed E-state index contributed by atoms with van der Waals surface area (Å²) in [6.07, 6.45) is 1.82. The molecule has 1 amide bonds. The zero-order chi connectivity index (χ0) is 14.4. The van der Waals surface area contributed by atoms with Gasteiger partial charge in [0.1, 0.15) is 6.07 Å². The lowest BCUT2D eigenvalue weighted by Gasteiger charge is -2.28. The lowest BCUT2D eigenvalue weighted by atomic mass is 9.79. The van der Waals surface area contributed by atoms with E-state index in [1.807, 2.05) is 17.5 Å². The van der Waals surface area contributed by atoms with E-state index in [2.05, 4.69) is 5.32 Å². The maximum atomic E-state index is 11.8. The van der Waals surface area contributed by atoms with Gasteiger partial charge in [-0.25, -0.2) is 0 Å². The minimum Gasteiger partial charge on any atom is -0.434 e. The van der Waals surface area contributed by atoms with E-state index in [1.165, 1.54) is 0 Å². The summed E-state index contributed by atoms with van der Waals surface area (Å²) >= 11 is 1.56. The fourth-order valence-electron chi connectivity index (χ4n) is 2.18. The first-order chi connectivity index (χ1) is 9.67. The average molecular weight is 290 g/mol. The van der Waals surface area contributed by atoms with E-state index >= 15 is 0 Å². The van der Waals surface area contributed by atoms with E-state index in [1.54, 1.807) is 17.4 Å². The molecule has 1 unspecified atom stereocenters. The summed E-state index contributed by atoms with van der Waals surface area (Å²) in [6, 6.07) is 5.45. The summed E-state index contributed by atoms with van der Waals surface area (Å²) in [7, 11) is 0.402. The van der Waals surface area contributed by atoms with Crippen LogP contribution in [0.1, 0.15) is 24.1 Å². The first kappa shape index (κ1) is 14.8. The Morgan fingerprint density at radius 3 is 3.00 bits per heavy atom. The minimum absolute atomic E-state index is 0.00380. The molecule has 1 fully saturated rings. The van der Waals surface area contributed by atoms with Gasteiger partial charge in [0.05, 0.1) is 6.42 Å². The molecule has 2 rings (SSSR count). The lowest BCUT2D eigenvalue weighted by molar-refractivity contribution is -0.121. The number of carbonyl (C=O) groups excluding carboxylic acids is 2. The molecular formula is C13H15BN2O3S. The summed E-state index contributed by atoms with van der Waals surface area (Å²) in [6.45, 7) is 0. The molecule has 7 heteroatoms. The van der Waals surface area contributed by atoms with Crippen molar-refractivity contribution in [3.8, 4) is 6.07 Å². The van der Waals surface area contributed by atoms with Crippen LogP contribution >= 0.6 is 11.3 Å². The van der Waals surface area contributed by atoms with Crippen LogP contribution in [0.4, 0.5) is 0 Å². The summed E-state index contributed by atoms with van der Waals surface area (Å²) in [5.41, 5.74) is 0. The number of nitriles is 1. The smallest absolute Gasteiger partial charge is 0.297 e. The Kier molecular flexibility index (Phi) is 5.33. The van der Waals surface area contributed by atoms with Gasteiger partial charge >= 0.3 is 0 Å². The SMILES string of the molecule is N#CC(=O)CC1CC[C@H](NC(=O)Cc2cccs2)BO1. The second-order valence-corrected chi connectivity index (χ2v) is 5.82. The predicted octanol–water partition coefficient (Wildman–Crippen LogP) is 0.746. The summed E-state index contributed by atoms with van der Waals surface area (Å²) in [5.74, 6) is -0.460. The molecule has 5 nitrogen and oxygen atoms in total. The highest BCUT2D eigenvalue weighted by Gasteiger charge is 2.25. The van der Waals surface area contributed by atoms with Crippen LogP contribution < -0.4 is 5.32 Å². The van der Waals surface area contributed by atoms with E-state index in [0.717, 1.165) is 11.3 Å². The lowest BCUT2D eigenvalue weighted by Crippen LogP contribution is -2.45. The Bertz CT molecular complexity index is 504. The van der Waals surface area contributed by atoms with Gasteiger partial charge in [-0.3, -0.25) is 9.59 Å². The first-order valence-corrected chi connectivity index (χ1v) is 7.41. The molecule has 0 spiro atoms. The second kappa shape index (κ2) is 7.22. The highest BCUT2D eigenvalue weighted by Crippen LogP contribution is 2.16. The molecule has 0 radical (unpaired) electrons. The summed E-state index contributed by atoms with van der Waals surface area (Å²) in [5, 5.41) is 13.3. The van der Waals surface area contributed by atoms with E-state index < -0.39 is 5.78 Å². The predicted molar refractivity (Wildman–Crippen MR) is 76.4 cm³/mol. The summed E-state index contributed by atoms with van der Waals surface area (Å²) < 4.78 is 5.52. The monoisotopic (exact) mass is 290 g/mol. The van der Waals surface area contributed by atoms with Gasteiger partial charge in [0, 0.05) is 23.3 Å². The molecule has 2 atom stereocenters. The van der Waals surface area contributed by atoms with Crippen molar-refractivity contribution < 1.29 is 14.2 Å². The normalized spacial score (nSPS) is 21.6. The Labute approximate surface area is 122 Å². The molecule has 20 heavy (non-hydrogen) atoms. The van der Waals surface area contributed by atoms with Crippen molar-refractivity contribution in [2.45, 2.75) is 37.7 Å². The van der Waals surface area contributed by atoms with Crippen LogP contribution in [-0.4, -0.2) is 31.2 Å². The van der Waals surface area contributed by atoms with Crippen molar-refractivity contribution in [3.05, 3.63) is 22.4 Å². The van der Waals surface area contributed by atoms with Crippen molar-refractivity contribution in [1.82, 2.24) is 5.32 Å². The number of thiophene rings is 1. The van der Waals surface area contributed by atoms with E-state index in [-0.39, 0.29) is 24.4 Å². The number of hydrogen-bond acceptors (Lipinski definition) is 5. The van der Waals surface area contributed by atoms with E-state index in [4.69, 9.17) is 9.92 Å². The maximum Gasteiger partial charge on any atom is 0.297 e. The first-order valence-electron chi connectivity index (χ1n) is 6.53. The molecule has 1 aromatic rings. The topological polar surface area (TPSA) is 79.2 Å². The maximum absolute atomic E-state index is 11.8. The number of rotatable bonds is 5. The fraction of sp³-hybridized carbons (Fsp3) is 0.462. The van der Waals surface area contributed by atoms with Gasteiger partial charge in [-0.1, -0.05) is 6.07 Å². The molecule has 0 saturated carbocycles. The van der Waals surface area contributed by atoms with Gasteiger partial charge < -0.3 is 9.97 Å². The number of amides is 1. The Hall–Kier alpha value is -1.65. The van der Waals surface area contributed by atoms with Crippen molar-refractivity contribution in [3.63, 3.8) is 0 Å². The van der Waals surface area contributed by atoms with Gasteiger partial charge in [0.25, 0.3) is 7.48 Å². The molecule has 104 valence electrons. The highest BCUT2D eigenvalue weighted by atomic mass is 32.1. The van der Waals surface area contributed by atoms with Crippen molar-refractivity contribution in [2.75, 3.05) is 0 Å². The van der Waals surface area contributed by atoms with Crippen LogP contribution in [0.5, 0.6) is 0 Å². The third-order valence-electron chi connectivity index (χ3n) is 3.19. The van der Waals surface area contributed by atoms with Gasteiger partial charge in [-0.05, 0) is 24.3 Å². The molecule has 1 saturated heterocycles. The third kappa shape index (κ3) is 4.47. The van der Waals surface area contributed by atoms with Crippen LogP contribution in [0.15, 0.2) is 17.5 Å². The van der Waals surface area contributed by atoms with Crippen molar-refractivity contribution in [1.29, 1.82) is 5.26 Å². The largest absolute Gasteiger partial charge is 0.434 e. The second-order valence-electron chi connectivity index (χ2n) is 4.79. The van der Waals surface area contributed by atoms with E-state index in [9.17, 15) is 9.59 Å². The minimum atomic E-state index is -0.449. The fourth-order valence-corrected chi connectivity index (χ4v) is 2.89. The van der Waals surface area contributed by atoms with Gasteiger partial charge in [-0.15, -0.1) is 11.3 Å². The zero-order valence-corrected chi connectivity index (χ0v) is 11.8. The number of carbonyl (C=O) groups is 2. The van der Waals surface area contributed by atoms with Gasteiger partial charge in [0.2, 0.25) is 11.7 Å². The molecule has 0 aromatic carbocycles. The molecule has 2 heterocycles. The van der Waals surface area contributed by atoms with E-state index in [0.29, 0.717) is 20.3 Å². The zero-order valence-electron chi connectivity index (χ0n) is 11.0.